The summed E-state index contributed by atoms with van der Waals surface area (Å²) in [5.74, 6) is -0.655. The Bertz CT molecular complexity index is 649. The molecule has 0 aromatic heterocycles. The van der Waals surface area contributed by atoms with Crippen molar-refractivity contribution < 1.29 is 9.18 Å². The Kier molecular flexibility index (Phi) is 4.41. The van der Waals surface area contributed by atoms with E-state index >= 15 is 0 Å². The maximum Gasteiger partial charge on any atom is 0.256 e. The van der Waals surface area contributed by atoms with E-state index in [1.807, 2.05) is 22.6 Å². The molecule has 2 aromatic rings. The van der Waals surface area contributed by atoms with Crippen LogP contribution in [0.15, 0.2) is 40.9 Å². The molecule has 98 valence electrons. The monoisotopic (exact) mass is 434 g/mol. The average molecular weight is 435 g/mol. The molecule has 19 heavy (non-hydrogen) atoms. The van der Waals surface area contributed by atoms with Gasteiger partial charge in [-0.3, -0.25) is 4.79 Å². The minimum absolute atomic E-state index is 0.291. The fraction of sp³-hybridized carbons (Fsp3) is 0. The maximum absolute atomic E-state index is 13.0. The smallest absolute Gasteiger partial charge is 0.256 e. The zero-order chi connectivity index (χ0) is 14.0. The van der Waals surface area contributed by atoms with Crippen molar-refractivity contribution in [1.29, 1.82) is 0 Å². The highest BCUT2D eigenvalue weighted by Gasteiger charge is 2.11. The van der Waals surface area contributed by atoms with Gasteiger partial charge in [-0.1, -0.05) is 0 Å². The van der Waals surface area contributed by atoms with E-state index < -0.39 is 0 Å². The lowest BCUT2D eigenvalue weighted by Crippen LogP contribution is -2.13. The van der Waals surface area contributed by atoms with Gasteiger partial charge in [-0.05, 0) is 74.9 Å². The van der Waals surface area contributed by atoms with Crippen LogP contribution in [-0.4, -0.2) is 5.91 Å². The van der Waals surface area contributed by atoms with Gasteiger partial charge in [0.05, 0.1) is 5.56 Å². The van der Waals surface area contributed by atoms with E-state index in [1.165, 1.54) is 18.2 Å². The summed E-state index contributed by atoms with van der Waals surface area (Å²) in [6.45, 7) is 0. The second-order valence-electron chi connectivity index (χ2n) is 3.81. The lowest BCUT2D eigenvalue weighted by atomic mass is 10.2. The molecule has 2 aromatic carbocycles. The molecule has 0 radical (unpaired) electrons. The zero-order valence-electron chi connectivity index (χ0n) is 9.58. The first kappa shape index (κ1) is 14.3. The van der Waals surface area contributed by atoms with Crippen molar-refractivity contribution >= 4 is 55.8 Å². The fourth-order valence-corrected chi connectivity index (χ4v) is 2.58. The molecule has 3 nitrogen and oxygen atoms in total. The molecule has 0 heterocycles. The van der Waals surface area contributed by atoms with Gasteiger partial charge in [-0.25, -0.2) is 4.39 Å². The Morgan fingerprint density at radius 1 is 1.26 bits per heavy atom. The summed E-state index contributed by atoms with van der Waals surface area (Å²) in [5.41, 5.74) is 7.30. The van der Waals surface area contributed by atoms with Crippen LogP contribution >= 0.6 is 38.5 Å². The first-order valence-corrected chi connectivity index (χ1v) is 7.16. The van der Waals surface area contributed by atoms with E-state index in [0.717, 1.165) is 0 Å². The largest absolute Gasteiger partial charge is 0.398 e. The Morgan fingerprint density at radius 3 is 2.63 bits per heavy atom. The van der Waals surface area contributed by atoms with Crippen molar-refractivity contribution in [3.05, 3.63) is 55.8 Å². The Balaban J connectivity index is 2.23. The predicted octanol–water partition coefficient (Wildman–Crippen LogP) is 4.03. The molecule has 0 unspecified atom stereocenters. The molecule has 1 amide bonds. The van der Waals surface area contributed by atoms with Crippen LogP contribution in [0.1, 0.15) is 10.4 Å². The van der Waals surface area contributed by atoms with Gasteiger partial charge in [0.15, 0.2) is 0 Å². The molecular formula is C13H9BrFIN2O. The number of rotatable bonds is 2. The van der Waals surface area contributed by atoms with Gasteiger partial charge in [0.1, 0.15) is 5.82 Å². The third-order valence-electron chi connectivity index (χ3n) is 2.43. The van der Waals surface area contributed by atoms with Crippen molar-refractivity contribution in [3.8, 4) is 0 Å². The number of hydrogen-bond acceptors (Lipinski definition) is 2. The summed E-state index contributed by atoms with van der Waals surface area (Å²) < 4.78 is 14.2. The van der Waals surface area contributed by atoms with E-state index in [0.29, 0.717) is 25.0 Å². The number of carbonyl (C=O) groups is 1. The van der Waals surface area contributed by atoms with E-state index in [4.69, 9.17) is 5.73 Å². The van der Waals surface area contributed by atoms with Crippen molar-refractivity contribution in [3.63, 3.8) is 0 Å². The summed E-state index contributed by atoms with van der Waals surface area (Å²) in [5, 5.41) is 2.73. The van der Waals surface area contributed by atoms with E-state index in [1.54, 1.807) is 18.2 Å². The van der Waals surface area contributed by atoms with Crippen LogP contribution in [-0.2, 0) is 0 Å². The van der Waals surface area contributed by atoms with Gasteiger partial charge in [0.2, 0.25) is 0 Å². The molecule has 0 saturated carbocycles. The number of benzene rings is 2. The number of nitrogens with two attached hydrogens (primary N) is 1. The summed E-state index contributed by atoms with van der Waals surface area (Å²) in [7, 11) is 0. The van der Waals surface area contributed by atoms with Crippen LogP contribution in [0.2, 0.25) is 0 Å². The number of amides is 1. The van der Waals surface area contributed by atoms with Crippen LogP contribution in [0, 0.1) is 9.39 Å². The standard InChI is InChI=1S/C13H9BrFIN2O/c14-10-6-8(2-4-12(10)17)18-13(19)9-3-1-7(15)5-11(9)16/h1-6H,17H2,(H,18,19). The van der Waals surface area contributed by atoms with E-state index in [-0.39, 0.29) is 11.7 Å². The van der Waals surface area contributed by atoms with E-state index in [2.05, 4.69) is 21.2 Å². The number of nitrogens with one attached hydrogen (secondary N) is 1. The first-order chi connectivity index (χ1) is 8.97. The minimum Gasteiger partial charge on any atom is -0.398 e. The lowest BCUT2D eigenvalue weighted by molar-refractivity contribution is 0.102. The van der Waals surface area contributed by atoms with Crippen LogP contribution in [0.5, 0.6) is 0 Å². The molecule has 0 saturated heterocycles. The second-order valence-corrected chi connectivity index (χ2v) is 5.83. The third-order valence-corrected chi connectivity index (χ3v) is 4.01. The zero-order valence-corrected chi connectivity index (χ0v) is 13.3. The highest BCUT2D eigenvalue weighted by molar-refractivity contribution is 14.1. The van der Waals surface area contributed by atoms with Crippen LogP contribution in [0.3, 0.4) is 0 Å². The molecule has 0 atom stereocenters. The van der Waals surface area contributed by atoms with Gasteiger partial charge in [-0.15, -0.1) is 0 Å². The summed E-state index contributed by atoms with van der Waals surface area (Å²) >= 11 is 5.21. The van der Waals surface area contributed by atoms with Crippen LogP contribution in [0.4, 0.5) is 15.8 Å². The molecule has 0 spiro atoms. The highest BCUT2D eigenvalue weighted by atomic mass is 127. The maximum atomic E-state index is 13.0. The molecule has 2 rings (SSSR count). The Morgan fingerprint density at radius 2 is 2.00 bits per heavy atom. The topological polar surface area (TPSA) is 55.1 Å². The van der Waals surface area contributed by atoms with Crippen molar-refractivity contribution in [2.45, 2.75) is 0 Å². The van der Waals surface area contributed by atoms with Crippen molar-refractivity contribution in [2.75, 3.05) is 11.1 Å². The van der Waals surface area contributed by atoms with Crippen LogP contribution in [0.25, 0.3) is 0 Å². The lowest BCUT2D eigenvalue weighted by Gasteiger charge is -2.08. The second kappa shape index (κ2) is 5.87. The normalized spacial score (nSPS) is 10.3. The quantitative estimate of drug-likeness (QED) is 0.553. The Hall–Kier alpha value is -1.15. The number of halogens is 3. The molecular weight excluding hydrogens is 426 g/mol. The van der Waals surface area contributed by atoms with Gasteiger partial charge >= 0.3 is 0 Å². The summed E-state index contributed by atoms with van der Waals surface area (Å²) in [4.78, 5) is 12.1. The minimum atomic E-state index is -0.365. The van der Waals surface area contributed by atoms with Crippen LogP contribution < -0.4 is 11.1 Å². The predicted molar refractivity (Wildman–Crippen MR) is 85.6 cm³/mol. The van der Waals surface area contributed by atoms with Crippen molar-refractivity contribution in [1.82, 2.24) is 0 Å². The molecule has 6 heteroatoms. The third kappa shape index (κ3) is 3.44. The van der Waals surface area contributed by atoms with Gasteiger partial charge < -0.3 is 11.1 Å². The van der Waals surface area contributed by atoms with Gasteiger partial charge in [0.25, 0.3) is 5.91 Å². The highest BCUT2D eigenvalue weighted by Crippen LogP contribution is 2.24. The average Bonchev–Trinajstić information content (AvgIpc) is 2.33. The molecule has 0 aliphatic heterocycles. The number of carbonyl (C=O) groups excluding carboxylic acids is 1. The molecule has 3 N–H and O–H groups in total. The van der Waals surface area contributed by atoms with Gasteiger partial charge in [-0.2, -0.15) is 0 Å². The van der Waals surface area contributed by atoms with Gasteiger partial charge in [0, 0.05) is 19.4 Å². The fourth-order valence-electron chi connectivity index (χ4n) is 1.48. The summed E-state index contributed by atoms with van der Waals surface area (Å²) in [6.07, 6.45) is 0. The number of nitrogen functional groups attached to an aromatic ring is 1. The molecule has 0 fully saturated rings. The first-order valence-electron chi connectivity index (χ1n) is 5.29. The number of anilines is 2. The van der Waals surface area contributed by atoms with E-state index in [9.17, 15) is 9.18 Å². The molecule has 0 aliphatic carbocycles. The molecule has 0 aliphatic rings. The SMILES string of the molecule is Nc1ccc(NC(=O)c2ccc(F)cc2I)cc1Br. The number of hydrogen-bond donors (Lipinski definition) is 2. The molecule has 0 bridgehead atoms. The Labute approximate surface area is 131 Å². The van der Waals surface area contributed by atoms with Crippen molar-refractivity contribution in [2.24, 2.45) is 0 Å². The summed E-state index contributed by atoms with van der Waals surface area (Å²) in [6, 6.07) is 9.14.